The summed E-state index contributed by atoms with van der Waals surface area (Å²) >= 11 is 0. The van der Waals surface area contributed by atoms with Crippen LogP contribution in [0.15, 0.2) is 30.3 Å². The van der Waals surface area contributed by atoms with Gasteiger partial charge in [-0.15, -0.1) is 0 Å². The number of hydrogen-bond donors (Lipinski definition) is 1. The molecule has 4 nitrogen and oxygen atoms in total. The van der Waals surface area contributed by atoms with E-state index >= 15 is 0 Å². The average Bonchev–Trinajstić information content (AvgIpc) is 2.48. The number of rotatable bonds is 9. The maximum atomic E-state index is 9.45. The lowest BCUT2D eigenvalue weighted by molar-refractivity contribution is 0.0301. The molecule has 4 heteroatoms. The van der Waals surface area contributed by atoms with Crippen molar-refractivity contribution in [2.45, 2.75) is 18.9 Å². The summed E-state index contributed by atoms with van der Waals surface area (Å²) in [6.07, 6.45) is 1.00. The number of ether oxygens (including phenoxy) is 2. The van der Waals surface area contributed by atoms with Crippen LogP contribution in [0, 0.1) is 11.3 Å². The van der Waals surface area contributed by atoms with Crippen molar-refractivity contribution in [2.24, 2.45) is 0 Å². The molecule has 0 aliphatic heterocycles. The molecule has 0 heterocycles. The molecule has 0 spiro atoms. The molecular weight excluding hydrogens is 240 g/mol. The van der Waals surface area contributed by atoms with Crippen molar-refractivity contribution in [3.8, 4) is 6.07 Å². The van der Waals surface area contributed by atoms with Crippen LogP contribution in [0.5, 0.6) is 0 Å². The van der Waals surface area contributed by atoms with E-state index in [4.69, 9.17) is 9.47 Å². The minimum absolute atomic E-state index is 0.305. The van der Waals surface area contributed by atoms with Crippen LogP contribution in [0.2, 0.25) is 0 Å². The molecule has 19 heavy (non-hydrogen) atoms. The first-order valence-corrected chi connectivity index (χ1v) is 6.60. The highest BCUT2D eigenvalue weighted by atomic mass is 16.5. The van der Waals surface area contributed by atoms with E-state index < -0.39 is 5.54 Å². The van der Waals surface area contributed by atoms with Gasteiger partial charge in [0.05, 0.1) is 25.9 Å². The van der Waals surface area contributed by atoms with E-state index in [1.165, 1.54) is 0 Å². The van der Waals surface area contributed by atoms with Crippen molar-refractivity contribution < 1.29 is 9.47 Å². The van der Waals surface area contributed by atoms with Gasteiger partial charge in [-0.1, -0.05) is 37.3 Å². The van der Waals surface area contributed by atoms with E-state index in [2.05, 4.69) is 18.3 Å². The minimum Gasteiger partial charge on any atom is -0.379 e. The van der Waals surface area contributed by atoms with Crippen LogP contribution in [-0.4, -0.2) is 33.5 Å². The van der Waals surface area contributed by atoms with Gasteiger partial charge in [0.25, 0.3) is 0 Å². The van der Waals surface area contributed by atoms with Gasteiger partial charge < -0.3 is 9.47 Å². The van der Waals surface area contributed by atoms with Crippen LogP contribution >= 0.6 is 0 Å². The molecule has 1 N–H and O–H groups in total. The third-order valence-corrected chi connectivity index (χ3v) is 2.92. The highest BCUT2D eigenvalue weighted by molar-refractivity contribution is 5.31. The average molecular weight is 262 g/mol. The second-order valence-electron chi connectivity index (χ2n) is 4.30. The van der Waals surface area contributed by atoms with Crippen molar-refractivity contribution in [2.75, 3.05) is 33.5 Å². The van der Waals surface area contributed by atoms with Gasteiger partial charge in [0.15, 0.2) is 5.54 Å². The summed E-state index contributed by atoms with van der Waals surface area (Å²) in [5.41, 5.74) is 0.112. The highest BCUT2D eigenvalue weighted by Gasteiger charge is 2.30. The van der Waals surface area contributed by atoms with Gasteiger partial charge in [-0.2, -0.15) is 5.26 Å². The molecule has 0 saturated carbocycles. The third kappa shape index (κ3) is 4.64. The number of likely N-dealkylation sites (N-methyl/N-ethyl adjacent to an activating group) is 1. The van der Waals surface area contributed by atoms with E-state index in [-0.39, 0.29) is 0 Å². The van der Waals surface area contributed by atoms with Crippen LogP contribution in [0.4, 0.5) is 0 Å². The first kappa shape index (κ1) is 15.6. The minimum atomic E-state index is -0.800. The van der Waals surface area contributed by atoms with Gasteiger partial charge in [0, 0.05) is 6.61 Å². The fourth-order valence-corrected chi connectivity index (χ4v) is 1.76. The second kappa shape index (κ2) is 8.65. The molecule has 0 radical (unpaired) electrons. The number of nitriles is 1. The zero-order chi connectivity index (χ0) is 14.0. The number of nitrogens with one attached hydrogen (secondary N) is 1. The third-order valence-electron chi connectivity index (χ3n) is 2.92. The maximum absolute atomic E-state index is 9.45. The van der Waals surface area contributed by atoms with Gasteiger partial charge in [-0.25, -0.2) is 0 Å². The van der Waals surface area contributed by atoms with Crippen molar-refractivity contribution in [3.63, 3.8) is 0 Å². The molecule has 1 atom stereocenters. The Morgan fingerprint density at radius 1 is 1.16 bits per heavy atom. The Kier molecular flexibility index (Phi) is 7.12. The first-order chi connectivity index (χ1) is 9.29. The fourth-order valence-electron chi connectivity index (χ4n) is 1.76. The second-order valence-corrected chi connectivity index (χ2v) is 4.30. The largest absolute Gasteiger partial charge is 0.379 e. The van der Waals surface area contributed by atoms with Gasteiger partial charge in [-0.3, -0.25) is 5.32 Å². The van der Waals surface area contributed by atoms with Gasteiger partial charge in [-0.05, 0) is 19.0 Å². The van der Waals surface area contributed by atoms with Crippen molar-refractivity contribution in [1.82, 2.24) is 5.32 Å². The molecule has 1 aromatic carbocycles. The molecule has 0 aliphatic carbocycles. The molecule has 0 aromatic heterocycles. The lowest BCUT2D eigenvalue weighted by Crippen LogP contribution is -2.43. The number of hydrogen-bond acceptors (Lipinski definition) is 4. The Bertz CT molecular complexity index is 389. The quantitative estimate of drug-likeness (QED) is 0.692. The molecule has 0 saturated heterocycles. The normalized spacial score (nSPS) is 13.7. The van der Waals surface area contributed by atoms with Gasteiger partial charge in [0.1, 0.15) is 0 Å². The summed E-state index contributed by atoms with van der Waals surface area (Å²) in [6.45, 7) is 4.18. The van der Waals surface area contributed by atoms with E-state index in [1.54, 1.807) is 7.05 Å². The van der Waals surface area contributed by atoms with Crippen molar-refractivity contribution in [3.05, 3.63) is 35.9 Å². The maximum Gasteiger partial charge on any atom is 0.155 e. The lowest BCUT2D eigenvalue weighted by atomic mass is 9.92. The van der Waals surface area contributed by atoms with E-state index in [0.29, 0.717) is 19.8 Å². The van der Waals surface area contributed by atoms with Crippen LogP contribution in [0.1, 0.15) is 18.9 Å². The van der Waals surface area contributed by atoms with E-state index in [0.717, 1.165) is 18.6 Å². The molecule has 0 bridgehead atoms. The summed E-state index contributed by atoms with van der Waals surface area (Å²) in [4.78, 5) is 0. The SMILES string of the molecule is CCCOCCOCC(C#N)(NC)c1ccccc1. The smallest absolute Gasteiger partial charge is 0.155 e. The first-order valence-electron chi connectivity index (χ1n) is 6.60. The topological polar surface area (TPSA) is 54.3 Å². The standard InChI is InChI=1S/C15H22N2O2/c1-3-9-18-10-11-19-13-15(12-16,17-2)14-7-5-4-6-8-14/h4-8,17H,3,9-11,13H2,1-2H3. The molecule has 1 unspecified atom stereocenters. The van der Waals surface area contributed by atoms with Crippen LogP contribution in [0.25, 0.3) is 0 Å². The monoisotopic (exact) mass is 262 g/mol. The summed E-state index contributed by atoms with van der Waals surface area (Å²) in [5.74, 6) is 0. The van der Waals surface area contributed by atoms with Gasteiger partial charge in [0.2, 0.25) is 0 Å². The number of benzene rings is 1. The van der Waals surface area contributed by atoms with Gasteiger partial charge >= 0.3 is 0 Å². The Morgan fingerprint density at radius 2 is 1.84 bits per heavy atom. The molecule has 1 rings (SSSR count). The Balaban J connectivity index is 2.52. The highest BCUT2D eigenvalue weighted by Crippen LogP contribution is 2.20. The molecule has 104 valence electrons. The number of nitrogens with zero attached hydrogens (tertiary/aromatic N) is 1. The summed E-state index contributed by atoms with van der Waals surface area (Å²) in [7, 11) is 1.77. The summed E-state index contributed by atoms with van der Waals surface area (Å²) < 4.78 is 10.9. The zero-order valence-corrected chi connectivity index (χ0v) is 11.7. The molecule has 0 fully saturated rings. The predicted molar refractivity (Wildman–Crippen MR) is 74.7 cm³/mol. The van der Waals surface area contributed by atoms with Crippen LogP contribution < -0.4 is 5.32 Å². The Labute approximate surface area is 115 Å². The van der Waals surface area contributed by atoms with E-state index in [9.17, 15) is 5.26 Å². The zero-order valence-electron chi connectivity index (χ0n) is 11.7. The summed E-state index contributed by atoms with van der Waals surface area (Å²) in [5, 5.41) is 12.5. The molecular formula is C15H22N2O2. The predicted octanol–water partition coefficient (Wildman–Crippen LogP) is 2.07. The summed E-state index contributed by atoms with van der Waals surface area (Å²) in [6, 6.07) is 11.9. The van der Waals surface area contributed by atoms with Crippen LogP contribution in [0.3, 0.4) is 0 Å². The Morgan fingerprint density at radius 3 is 2.42 bits per heavy atom. The lowest BCUT2D eigenvalue weighted by Gasteiger charge is -2.26. The van der Waals surface area contributed by atoms with Crippen molar-refractivity contribution >= 4 is 0 Å². The van der Waals surface area contributed by atoms with Crippen LogP contribution in [-0.2, 0) is 15.0 Å². The molecule has 0 amide bonds. The Hall–Kier alpha value is -1.41. The fraction of sp³-hybridized carbons (Fsp3) is 0.533. The van der Waals surface area contributed by atoms with Crippen molar-refractivity contribution in [1.29, 1.82) is 5.26 Å². The van der Waals surface area contributed by atoms with E-state index in [1.807, 2.05) is 30.3 Å². The molecule has 0 aliphatic rings. The molecule has 1 aromatic rings.